The van der Waals surface area contributed by atoms with Crippen molar-refractivity contribution >= 4 is 16.9 Å². The maximum Gasteiger partial charge on any atom is 0.153 e. The molecule has 1 aromatic rings. The Balaban J connectivity index is 2.28. The summed E-state index contributed by atoms with van der Waals surface area (Å²) in [7, 11) is 1.63. The van der Waals surface area contributed by atoms with Gasteiger partial charge in [-0.15, -0.1) is 0 Å². The summed E-state index contributed by atoms with van der Waals surface area (Å²) in [5.74, 6) is 1.23. The molecule has 1 aromatic carbocycles. The third-order valence-electron chi connectivity index (χ3n) is 1.73. The van der Waals surface area contributed by atoms with Crippen LogP contribution in [-0.2, 0) is 11.3 Å². The van der Waals surface area contributed by atoms with Crippen LogP contribution in [0.4, 0.5) is 0 Å². The summed E-state index contributed by atoms with van der Waals surface area (Å²) < 4.78 is 10.3. The van der Waals surface area contributed by atoms with Crippen LogP contribution in [0.25, 0.3) is 0 Å². The van der Waals surface area contributed by atoms with Crippen LogP contribution in [0.2, 0.25) is 0 Å². The van der Waals surface area contributed by atoms with E-state index < -0.39 is 0 Å². The van der Waals surface area contributed by atoms with Crippen molar-refractivity contribution in [2.75, 3.05) is 13.0 Å². The van der Waals surface area contributed by atoms with E-state index in [1.165, 1.54) is 11.8 Å². The molecule has 3 N–H and O–H groups in total. The molecule has 0 radical (unpaired) electrons. The zero-order chi connectivity index (χ0) is 11.1. The second-order valence-corrected chi connectivity index (χ2v) is 3.79. The van der Waals surface area contributed by atoms with Crippen LogP contribution in [0.3, 0.4) is 0 Å². The van der Waals surface area contributed by atoms with Crippen molar-refractivity contribution < 1.29 is 9.47 Å². The van der Waals surface area contributed by atoms with E-state index in [0.29, 0.717) is 12.5 Å². The van der Waals surface area contributed by atoms with Crippen molar-refractivity contribution in [2.45, 2.75) is 6.61 Å². The van der Waals surface area contributed by atoms with Crippen molar-refractivity contribution in [1.82, 2.24) is 0 Å². The third kappa shape index (κ3) is 4.71. The van der Waals surface area contributed by atoms with Crippen molar-refractivity contribution in [3.05, 3.63) is 29.8 Å². The second kappa shape index (κ2) is 6.31. The SMILES string of the molecule is COc1ccc(COCSC(=N)N)cc1. The molecule has 0 aliphatic carbocycles. The predicted molar refractivity (Wildman–Crippen MR) is 62.2 cm³/mol. The number of hydrogen-bond donors (Lipinski definition) is 2. The van der Waals surface area contributed by atoms with Crippen LogP contribution in [0, 0.1) is 5.41 Å². The first-order chi connectivity index (χ1) is 7.22. The molecule has 0 saturated carbocycles. The lowest BCUT2D eigenvalue weighted by atomic mass is 10.2. The van der Waals surface area contributed by atoms with Crippen molar-refractivity contribution in [3.63, 3.8) is 0 Å². The van der Waals surface area contributed by atoms with Crippen molar-refractivity contribution in [3.8, 4) is 5.75 Å². The summed E-state index contributed by atoms with van der Waals surface area (Å²) in [6.45, 7) is 0.518. The summed E-state index contributed by atoms with van der Waals surface area (Å²) in [5, 5.41) is 7.05. The minimum absolute atomic E-state index is 0.0738. The Morgan fingerprint density at radius 1 is 1.40 bits per heavy atom. The number of nitrogens with one attached hydrogen (secondary N) is 1. The Labute approximate surface area is 93.3 Å². The maximum atomic E-state index is 6.97. The molecule has 1 rings (SSSR count). The van der Waals surface area contributed by atoms with Gasteiger partial charge in [-0.25, -0.2) is 0 Å². The molecular weight excluding hydrogens is 212 g/mol. The van der Waals surface area contributed by atoms with E-state index >= 15 is 0 Å². The summed E-state index contributed by atoms with van der Waals surface area (Å²) >= 11 is 1.17. The topological polar surface area (TPSA) is 68.3 Å². The van der Waals surface area contributed by atoms with E-state index in [2.05, 4.69) is 0 Å². The Kier molecular flexibility index (Phi) is 5.00. The molecule has 0 heterocycles. The van der Waals surface area contributed by atoms with Gasteiger partial charge in [-0.3, -0.25) is 5.41 Å². The van der Waals surface area contributed by atoms with Crippen LogP contribution in [0.15, 0.2) is 24.3 Å². The van der Waals surface area contributed by atoms with E-state index in [1.807, 2.05) is 24.3 Å². The second-order valence-electron chi connectivity index (χ2n) is 2.82. The lowest BCUT2D eigenvalue weighted by Gasteiger charge is -2.04. The van der Waals surface area contributed by atoms with E-state index in [4.69, 9.17) is 20.6 Å². The smallest absolute Gasteiger partial charge is 0.153 e. The van der Waals surface area contributed by atoms with Crippen LogP contribution in [0.1, 0.15) is 5.56 Å². The molecule has 0 amide bonds. The number of hydrogen-bond acceptors (Lipinski definition) is 4. The number of thioether (sulfide) groups is 1. The molecule has 0 aromatic heterocycles. The van der Waals surface area contributed by atoms with Crippen molar-refractivity contribution in [1.29, 1.82) is 5.41 Å². The highest BCUT2D eigenvalue weighted by Crippen LogP contribution is 2.12. The highest BCUT2D eigenvalue weighted by atomic mass is 32.2. The van der Waals surface area contributed by atoms with Gasteiger partial charge in [0.15, 0.2) is 5.17 Å². The third-order valence-corrected chi connectivity index (χ3v) is 2.32. The van der Waals surface area contributed by atoms with Crippen molar-refractivity contribution in [2.24, 2.45) is 5.73 Å². The van der Waals surface area contributed by atoms with Gasteiger partial charge in [0.1, 0.15) is 11.7 Å². The van der Waals surface area contributed by atoms with Gasteiger partial charge in [0.05, 0.1) is 13.7 Å². The fourth-order valence-corrected chi connectivity index (χ4v) is 1.28. The van der Waals surface area contributed by atoms with Crippen LogP contribution >= 0.6 is 11.8 Å². The number of benzene rings is 1. The number of amidine groups is 1. The Bertz CT molecular complexity index is 314. The van der Waals surface area contributed by atoms with Crippen LogP contribution < -0.4 is 10.5 Å². The van der Waals surface area contributed by atoms with Gasteiger partial charge in [-0.1, -0.05) is 23.9 Å². The van der Waals surface area contributed by atoms with E-state index in [9.17, 15) is 0 Å². The van der Waals surface area contributed by atoms with Gasteiger partial charge in [-0.2, -0.15) is 0 Å². The summed E-state index contributed by atoms with van der Waals surface area (Å²) in [6.07, 6.45) is 0. The first kappa shape index (κ1) is 11.9. The minimum atomic E-state index is 0.0738. The lowest BCUT2D eigenvalue weighted by Crippen LogP contribution is -2.05. The summed E-state index contributed by atoms with van der Waals surface area (Å²) in [6, 6.07) is 7.65. The summed E-state index contributed by atoms with van der Waals surface area (Å²) in [5.41, 5.74) is 6.23. The number of nitrogens with two attached hydrogens (primary N) is 1. The lowest BCUT2D eigenvalue weighted by molar-refractivity contribution is 0.169. The van der Waals surface area contributed by atoms with Gasteiger partial charge in [0, 0.05) is 0 Å². The normalized spacial score (nSPS) is 9.93. The average Bonchev–Trinajstić information content (AvgIpc) is 2.25. The van der Waals surface area contributed by atoms with E-state index in [0.717, 1.165) is 11.3 Å². The van der Waals surface area contributed by atoms with Gasteiger partial charge < -0.3 is 15.2 Å². The zero-order valence-corrected chi connectivity index (χ0v) is 9.34. The zero-order valence-electron chi connectivity index (χ0n) is 8.53. The molecule has 82 valence electrons. The molecular formula is C10H14N2O2S. The fourth-order valence-electron chi connectivity index (χ4n) is 0.986. The molecule has 0 fully saturated rings. The van der Waals surface area contributed by atoms with Gasteiger partial charge in [-0.05, 0) is 17.7 Å². The van der Waals surface area contributed by atoms with E-state index in [1.54, 1.807) is 7.11 Å². The van der Waals surface area contributed by atoms with E-state index in [-0.39, 0.29) is 5.17 Å². The first-order valence-electron chi connectivity index (χ1n) is 4.40. The maximum absolute atomic E-state index is 6.97. The molecule has 0 spiro atoms. The van der Waals surface area contributed by atoms with Crippen LogP contribution in [-0.4, -0.2) is 18.2 Å². The Morgan fingerprint density at radius 2 is 2.07 bits per heavy atom. The molecule has 0 aliphatic rings. The molecule has 0 unspecified atom stereocenters. The summed E-state index contributed by atoms with van der Waals surface area (Å²) in [4.78, 5) is 0. The van der Waals surface area contributed by atoms with Gasteiger partial charge >= 0.3 is 0 Å². The molecule has 0 saturated heterocycles. The molecule has 0 atom stereocenters. The number of ether oxygens (including phenoxy) is 2. The predicted octanol–water partition coefficient (Wildman–Crippen LogP) is 1.80. The largest absolute Gasteiger partial charge is 0.497 e. The molecule has 4 nitrogen and oxygen atoms in total. The van der Waals surface area contributed by atoms with Crippen LogP contribution in [0.5, 0.6) is 5.75 Å². The molecule has 0 aliphatic heterocycles. The first-order valence-corrected chi connectivity index (χ1v) is 5.38. The highest BCUT2D eigenvalue weighted by molar-refractivity contribution is 8.13. The quantitative estimate of drug-likeness (QED) is 0.347. The molecule has 5 heteroatoms. The standard InChI is InChI=1S/C10H14N2O2S/c1-13-9-4-2-8(3-5-9)6-14-7-15-10(11)12/h2-5H,6-7H2,1H3,(H3,11,12). The Hall–Kier alpha value is -1.20. The highest BCUT2D eigenvalue weighted by Gasteiger charge is 1.95. The van der Waals surface area contributed by atoms with Gasteiger partial charge in [0.25, 0.3) is 0 Å². The number of methoxy groups -OCH3 is 1. The minimum Gasteiger partial charge on any atom is -0.497 e. The fraction of sp³-hybridized carbons (Fsp3) is 0.300. The average molecular weight is 226 g/mol. The Morgan fingerprint density at radius 3 is 2.60 bits per heavy atom. The monoisotopic (exact) mass is 226 g/mol. The molecule has 15 heavy (non-hydrogen) atoms. The molecule has 0 bridgehead atoms. The van der Waals surface area contributed by atoms with Gasteiger partial charge in [0.2, 0.25) is 0 Å². The number of rotatable bonds is 5.